The van der Waals surface area contributed by atoms with Crippen LogP contribution >= 0.6 is 11.6 Å². The molecule has 0 saturated heterocycles. The number of amides is 2. The van der Waals surface area contributed by atoms with Crippen molar-refractivity contribution in [2.24, 2.45) is 17.6 Å². The van der Waals surface area contributed by atoms with E-state index in [1.165, 1.54) is 17.2 Å². The molecular formula is C31H30ClN3O8. The van der Waals surface area contributed by atoms with Gasteiger partial charge in [-0.1, -0.05) is 35.9 Å². The minimum atomic E-state index is -2.84. The van der Waals surface area contributed by atoms with Crippen LogP contribution in [-0.4, -0.2) is 66.9 Å². The predicted molar refractivity (Wildman–Crippen MR) is 154 cm³/mol. The molecule has 3 aliphatic carbocycles. The lowest BCUT2D eigenvalue weighted by molar-refractivity contribution is -0.151. The number of aliphatic hydroxyl groups excluding tert-OH is 2. The molecule has 0 bridgehead atoms. The maximum Gasteiger partial charge on any atom is 0.255 e. The number of aromatic hydroxyl groups is 1. The van der Waals surface area contributed by atoms with Crippen LogP contribution < -0.4 is 11.1 Å². The smallest absolute Gasteiger partial charge is 0.255 e. The Labute approximate surface area is 251 Å². The first-order valence-corrected chi connectivity index (χ1v) is 14.3. The van der Waals surface area contributed by atoms with Crippen LogP contribution in [-0.2, 0) is 45.1 Å². The standard InChI is InChI=1S/C31H30ClN3O8/c1-13(36)34-25-19-9-16-8-18-22(26(38)21(16)28(40)31(19,43)29(41)23(27(25)39)30(33)42)20(37)10-17(24(18)32)12-35-7-6-14-4-2-3-5-15(14)11-35/h2-5,10,16,19,25,37-38,41,43H,6-9,11-12H2,1H3,(H2,33,42)(H,34,36)/t16-,19-,25-,31-/m0/s1. The number of phenols is 1. The largest absolute Gasteiger partial charge is 0.508 e. The molecule has 4 atom stereocenters. The molecule has 12 heteroatoms. The Bertz CT molecular complexity index is 1700. The maximum atomic E-state index is 13.9. The highest BCUT2D eigenvalue weighted by atomic mass is 35.5. The van der Waals surface area contributed by atoms with Crippen molar-refractivity contribution in [1.29, 1.82) is 0 Å². The van der Waals surface area contributed by atoms with Crippen LogP contribution in [0.1, 0.15) is 41.2 Å². The van der Waals surface area contributed by atoms with E-state index in [4.69, 9.17) is 17.3 Å². The van der Waals surface area contributed by atoms with Crippen molar-refractivity contribution >= 4 is 40.7 Å². The molecule has 2 aromatic rings. The Morgan fingerprint density at radius 1 is 1.16 bits per heavy atom. The fourth-order valence-corrected chi connectivity index (χ4v) is 7.50. The Balaban J connectivity index is 1.41. The van der Waals surface area contributed by atoms with Gasteiger partial charge in [0.1, 0.15) is 22.8 Å². The van der Waals surface area contributed by atoms with Crippen molar-refractivity contribution in [3.63, 3.8) is 0 Å². The quantitative estimate of drug-likeness (QED) is 0.281. The van der Waals surface area contributed by atoms with Crippen LogP contribution in [0.3, 0.4) is 0 Å². The second kappa shape index (κ2) is 10.2. The van der Waals surface area contributed by atoms with E-state index in [2.05, 4.69) is 22.3 Å². The molecule has 0 radical (unpaired) electrons. The third-order valence-electron chi connectivity index (χ3n) is 9.17. The fraction of sp³-hybridized carbons (Fsp3) is 0.355. The minimum absolute atomic E-state index is 0.0598. The number of Topliss-reactive ketones (excluding diaryl/α,β-unsaturated/α-hetero) is 2. The number of hydrogen-bond donors (Lipinski definition) is 6. The number of rotatable bonds is 4. The zero-order chi connectivity index (χ0) is 31.0. The summed E-state index contributed by atoms with van der Waals surface area (Å²) in [6.07, 6.45) is 0.765. The fourth-order valence-electron chi connectivity index (χ4n) is 7.21. The normalized spacial score (nSPS) is 26.8. The molecule has 6 rings (SSSR count). The van der Waals surface area contributed by atoms with Gasteiger partial charge in [-0.05, 0) is 53.5 Å². The van der Waals surface area contributed by atoms with Gasteiger partial charge in [0.15, 0.2) is 11.4 Å². The molecular weight excluding hydrogens is 578 g/mol. The van der Waals surface area contributed by atoms with Gasteiger partial charge in [-0.2, -0.15) is 0 Å². The lowest BCUT2D eigenvalue weighted by atomic mass is 9.57. The molecule has 7 N–H and O–H groups in total. The summed E-state index contributed by atoms with van der Waals surface area (Å²) in [6, 6.07) is 8.06. The summed E-state index contributed by atoms with van der Waals surface area (Å²) in [4.78, 5) is 53.4. The molecule has 0 spiro atoms. The molecule has 43 heavy (non-hydrogen) atoms. The monoisotopic (exact) mass is 607 g/mol. The van der Waals surface area contributed by atoms with Crippen LogP contribution in [0, 0.1) is 11.8 Å². The minimum Gasteiger partial charge on any atom is -0.508 e. The van der Waals surface area contributed by atoms with E-state index in [9.17, 15) is 39.6 Å². The second-order valence-electron chi connectivity index (χ2n) is 11.7. The zero-order valence-corrected chi connectivity index (χ0v) is 23.9. The van der Waals surface area contributed by atoms with Gasteiger partial charge in [-0.3, -0.25) is 24.1 Å². The Hall–Kier alpha value is -4.19. The molecule has 0 aromatic heterocycles. The van der Waals surface area contributed by atoms with E-state index in [1.54, 1.807) is 0 Å². The topological polar surface area (TPSA) is 190 Å². The molecule has 1 fully saturated rings. The van der Waals surface area contributed by atoms with Crippen LogP contribution in [0.4, 0.5) is 0 Å². The summed E-state index contributed by atoms with van der Waals surface area (Å²) in [5.74, 6) is -8.61. The first-order chi connectivity index (χ1) is 20.3. The SMILES string of the molecule is CC(=O)N[C@@H]1C(=O)C(C(N)=O)=C(O)[C@@]2(O)C(=O)C3=C(O)c4c(O)cc(CN5CCc6ccccc6C5)c(Cl)c4C[C@H]3C[C@@H]12. The number of halogens is 1. The molecule has 4 aliphatic rings. The Morgan fingerprint density at radius 3 is 2.53 bits per heavy atom. The molecule has 0 unspecified atom stereocenters. The number of hydrogen-bond acceptors (Lipinski definition) is 9. The average molecular weight is 608 g/mol. The summed E-state index contributed by atoms with van der Waals surface area (Å²) in [6.45, 7) is 3.02. The maximum absolute atomic E-state index is 13.9. The average Bonchev–Trinajstić information content (AvgIpc) is 2.95. The summed E-state index contributed by atoms with van der Waals surface area (Å²) in [7, 11) is 0. The molecule has 2 amide bonds. The van der Waals surface area contributed by atoms with Crippen LogP contribution in [0.25, 0.3) is 5.76 Å². The molecule has 1 saturated carbocycles. The van der Waals surface area contributed by atoms with Crippen LogP contribution in [0.15, 0.2) is 47.2 Å². The number of benzene rings is 2. The number of nitrogens with one attached hydrogen (secondary N) is 1. The third-order valence-corrected chi connectivity index (χ3v) is 9.64. The lowest BCUT2D eigenvalue weighted by Crippen LogP contribution is -2.66. The van der Waals surface area contributed by atoms with Crippen molar-refractivity contribution in [2.45, 2.75) is 50.9 Å². The number of primary amides is 1. The van der Waals surface area contributed by atoms with E-state index >= 15 is 0 Å². The number of carbonyl (C=O) groups excluding carboxylic acids is 4. The zero-order valence-electron chi connectivity index (χ0n) is 23.2. The summed E-state index contributed by atoms with van der Waals surface area (Å²) in [5, 5.41) is 47.7. The number of aliphatic hydroxyl groups is 3. The molecule has 1 aliphatic heterocycles. The van der Waals surface area contributed by atoms with Gasteiger partial charge in [0, 0.05) is 43.1 Å². The van der Waals surface area contributed by atoms with Crippen molar-refractivity contribution in [1.82, 2.24) is 10.2 Å². The Morgan fingerprint density at radius 2 is 1.86 bits per heavy atom. The van der Waals surface area contributed by atoms with Crippen LogP contribution in [0.2, 0.25) is 5.02 Å². The van der Waals surface area contributed by atoms with Gasteiger partial charge in [-0.25, -0.2) is 0 Å². The van der Waals surface area contributed by atoms with E-state index in [0.29, 0.717) is 29.2 Å². The number of nitrogens with zero attached hydrogens (tertiary/aromatic N) is 1. The van der Waals surface area contributed by atoms with Crippen LogP contribution in [0.5, 0.6) is 5.75 Å². The highest BCUT2D eigenvalue weighted by molar-refractivity contribution is 6.32. The van der Waals surface area contributed by atoms with E-state index < -0.39 is 64.0 Å². The molecule has 11 nitrogen and oxygen atoms in total. The summed E-state index contributed by atoms with van der Waals surface area (Å²) >= 11 is 6.90. The van der Waals surface area contributed by atoms with Crippen molar-refractivity contribution in [3.05, 3.63) is 80.1 Å². The summed E-state index contributed by atoms with van der Waals surface area (Å²) < 4.78 is 0. The first-order valence-electron chi connectivity index (χ1n) is 13.9. The van der Waals surface area contributed by atoms with Gasteiger partial charge in [-0.15, -0.1) is 0 Å². The third kappa shape index (κ3) is 4.33. The number of fused-ring (bicyclic) bond motifs is 4. The predicted octanol–water partition coefficient (Wildman–Crippen LogP) is 1.75. The molecule has 2 aromatic carbocycles. The number of phenolic OH excluding ortho intramolecular Hbond substituents is 1. The van der Waals surface area contributed by atoms with Gasteiger partial charge < -0.3 is 31.5 Å². The van der Waals surface area contributed by atoms with E-state index in [-0.39, 0.29) is 29.7 Å². The number of nitrogens with two attached hydrogens (primary N) is 1. The van der Waals surface area contributed by atoms with E-state index in [1.807, 2.05) is 12.1 Å². The van der Waals surface area contributed by atoms with Crippen molar-refractivity contribution in [3.8, 4) is 5.75 Å². The van der Waals surface area contributed by atoms with E-state index in [0.717, 1.165) is 19.9 Å². The van der Waals surface area contributed by atoms with Gasteiger partial charge in [0.2, 0.25) is 11.7 Å². The van der Waals surface area contributed by atoms with Crippen molar-refractivity contribution in [2.75, 3.05) is 6.54 Å². The second-order valence-corrected chi connectivity index (χ2v) is 12.1. The van der Waals surface area contributed by atoms with Gasteiger partial charge >= 0.3 is 0 Å². The highest BCUT2D eigenvalue weighted by Gasteiger charge is 2.64. The number of ketones is 2. The number of carbonyl (C=O) groups is 4. The lowest BCUT2D eigenvalue weighted by Gasteiger charge is -2.49. The van der Waals surface area contributed by atoms with Gasteiger partial charge in [0.05, 0.1) is 11.6 Å². The summed E-state index contributed by atoms with van der Waals surface area (Å²) in [5.41, 5.74) is 4.62. The first kappa shape index (κ1) is 28.9. The van der Waals surface area contributed by atoms with Gasteiger partial charge in [0.25, 0.3) is 5.91 Å². The Kier molecular flexibility index (Phi) is 6.87. The highest BCUT2D eigenvalue weighted by Crippen LogP contribution is 2.53. The molecule has 1 heterocycles. The van der Waals surface area contributed by atoms with Crippen molar-refractivity contribution < 1.29 is 39.6 Å². The molecule has 224 valence electrons.